The van der Waals surface area contributed by atoms with Crippen molar-refractivity contribution in [1.29, 1.82) is 0 Å². The van der Waals surface area contributed by atoms with Gasteiger partial charge in [0, 0.05) is 12.4 Å². The lowest BCUT2D eigenvalue weighted by Crippen LogP contribution is -2.22. The lowest BCUT2D eigenvalue weighted by Gasteiger charge is -2.12. The zero-order valence-electron chi connectivity index (χ0n) is 9.38. The summed E-state index contributed by atoms with van der Waals surface area (Å²) in [6, 6.07) is 1.80. The van der Waals surface area contributed by atoms with E-state index < -0.39 is 22.3 Å². The van der Waals surface area contributed by atoms with Crippen molar-refractivity contribution in [3.63, 3.8) is 0 Å². The Hall–Kier alpha value is -1.24. The van der Waals surface area contributed by atoms with E-state index in [0.29, 0.717) is 16.8 Å². The van der Waals surface area contributed by atoms with Gasteiger partial charge in [0.1, 0.15) is 5.02 Å². The van der Waals surface area contributed by atoms with Crippen LogP contribution < -0.4 is 5.56 Å². The van der Waals surface area contributed by atoms with Crippen molar-refractivity contribution in [2.45, 2.75) is 6.18 Å². The smallest absolute Gasteiger partial charge is 0.267 e. The Morgan fingerprint density at radius 3 is 2.30 bits per heavy atom. The normalized spacial score (nSPS) is 11.7. The van der Waals surface area contributed by atoms with Crippen LogP contribution in [0.1, 0.15) is 5.56 Å². The number of alkyl halides is 3. The molecule has 0 radical (unpaired) electrons. The van der Waals surface area contributed by atoms with Crippen LogP contribution in [-0.4, -0.2) is 9.55 Å². The summed E-state index contributed by atoms with van der Waals surface area (Å²) in [4.78, 5) is 15.6. The van der Waals surface area contributed by atoms with Crippen LogP contribution in [0, 0.1) is 0 Å². The highest BCUT2D eigenvalue weighted by atomic mass is 35.5. The topological polar surface area (TPSA) is 34.9 Å². The molecule has 0 saturated heterocycles. The fourth-order valence-electron chi connectivity index (χ4n) is 1.45. The summed E-state index contributed by atoms with van der Waals surface area (Å²) in [5, 5.41) is -0.479. The summed E-state index contributed by atoms with van der Waals surface area (Å²) >= 11 is 17.0. The Morgan fingerprint density at radius 2 is 1.75 bits per heavy atom. The van der Waals surface area contributed by atoms with Crippen molar-refractivity contribution >= 4 is 34.8 Å². The van der Waals surface area contributed by atoms with E-state index in [4.69, 9.17) is 34.8 Å². The third kappa shape index (κ3) is 2.92. The van der Waals surface area contributed by atoms with Crippen LogP contribution in [0.3, 0.4) is 0 Å². The minimum Gasteiger partial charge on any atom is -0.267 e. The summed E-state index contributed by atoms with van der Waals surface area (Å²) in [5.74, 6) is -0.186. The highest BCUT2D eigenvalue weighted by molar-refractivity contribution is 6.35. The molecule has 2 aromatic rings. The van der Waals surface area contributed by atoms with E-state index in [1.807, 2.05) is 0 Å². The lowest BCUT2D eigenvalue weighted by molar-refractivity contribution is -0.138. The van der Waals surface area contributed by atoms with E-state index in [2.05, 4.69) is 4.98 Å². The Balaban J connectivity index is 2.73. The van der Waals surface area contributed by atoms with Gasteiger partial charge in [0.2, 0.25) is 0 Å². The zero-order valence-corrected chi connectivity index (χ0v) is 11.6. The maximum Gasteiger partial charge on any atom is 0.417 e. The average Bonchev–Trinajstić information content (AvgIpc) is 2.32. The molecule has 2 aromatic heterocycles. The van der Waals surface area contributed by atoms with Crippen molar-refractivity contribution in [3.8, 4) is 5.82 Å². The molecule has 106 valence electrons. The molecule has 20 heavy (non-hydrogen) atoms. The predicted molar refractivity (Wildman–Crippen MR) is 69.9 cm³/mol. The van der Waals surface area contributed by atoms with Gasteiger partial charge in [0.25, 0.3) is 5.56 Å². The Bertz CT molecular complexity index is 728. The predicted octanol–water partition coefficient (Wildman–Crippen LogP) is 4.21. The van der Waals surface area contributed by atoms with Crippen molar-refractivity contribution < 1.29 is 13.2 Å². The fourth-order valence-corrected chi connectivity index (χ4v) is 2.13. The van der Waals surface area contributed by atoms with Crippen molar-refractivity contribution in [3.05, 3.63) is 55.5 Å². The van der Waals surface area contributed by atoms with E-state index in [0.717, 1.165) is 6.20 Å². The quantitative estimate of drug-likeness (QED) is 0.777. The molecule has 0 unspecified atom stereocenters. The second-order valence-corrected chi connectivity index (χ2v) is 4.96. The van der Waals surface area contributed by atoms with E-state index in [1.54, 1.807) is 0 Å². The minimum absolute atomic E-state index is 0.0741. The summed E-state index contributed by atoms with van der Waals surface area (Å²) in [7, 11) is 0. The molecule has 0 saturated carbocycles. The first kappa shape index (κ1) is 15.2. The summed E-state index contributed by atoms with van der Waals surface area (Å²) in [6.45, 7) is 0. The molecule has 0 bridgehead atoms. The maximum absolute atomic E-state index is 12.7. The Labute approximate surface area is 125 Å². The van der Waals surface area contributed by atoms with Crippen LogP contribution in [0.5, 0.6) is 0 Å². The molecule has 0 N–H and O–H groups in total. The third-order valence-corrected chi connectivity index (χ3v) is 3.07. The number of hydrogen-bond donors (Lipinski definition) is 0. The lowest BCUT2D eigenvalue weighted by atomic mass is 10.2. The number of rotatable bonds is 1. The molecule has 0 aromatic carbocycles. The van der Waals surface area contributed by atoms with Crippen LogP contribution in [-0.2, 0) is 6.18 Å². The maximum atomic E-state index is 12.7. The number of halogens is 6. The van der Waals surface area contributed by atoms with Gasteiger partial charge in [-0.25, -0.2) is 4.98 Å². The average molecular weight is 344 g/mol. The highest BCUT2D eigenvalue weighted by Crippen LogP contribution is 2.31. The largest absolute Gasteiger partial charge is 0.417 e. The van der Waals surface area contributed by atoms with Crippen LogP contribution in [0.25, 0.3) is 5.82 Å². The SMILES string of the molecule is O=c1c(Cl)cc(C(F)(F)F)cn1-c1ncc(Cl)cc1Cl. The van der Waals surface area contributed by atoms with E-state index in [9.17, 15) is 18.0 Å². The van der Waals surface area contributed by atoms with Gasteiger partial charge in [0.05, 0.1) is 15.6 Å². The van der Waals surface area contributed by atoms with Gasteiger partial charge in [-0.15, -0.1) is 0 Å². The highest BCUT2D eigenvalue weighted by Gasteiger charge is 2.32. The molecule has 0 fully saturated rings. The van der Waals surface area contributed by atoms with E-state index in [1.165, 1.54) is 6.07 Å². The number of pyridine rings is 2. The molecule has 0 aliphatic rings. The van der Waals surface area contributed by atoms with Gasteiger partial charge >= 0.3 is 6.18 Å². The van der Waals surface area contributed by atoms with Gasteiger partial charge in [0.15, 0.2) is 5.82 Å². The van der Waals surface area contributed by atoms with Crippen molar-refractivity contribution in [2.24, 2.45) is 0 Å². The van der Waals surface area contributed by atoms with Crippen LogP contribution in [0.4, 0.5) is 13.2 Å². The molecule has 0 aliphatic heterocycles. The molecular weight excluding hydrogens is 339 g/mol. The fraction of sp³-hybridized carbons (Fsp3) is 0.0909. The zero-order chi connectivity index (χ0) is 15.1. The molecule has 9 heteroatoms. The minimum atomic E-state index is -4.65. The first-order valence-electron chi connectivity index (χ1n) is 5.01. The molecule has 2 rings (SSSR count). The van der Waals surface area contributed by atoms with Crippen LogP contribution >= 0.6 is 34.8 Å². The molecule has 3 nitrogen and oxygen atoms in total. The third-order valence-electron chi connectivity index (χ3n) is 2.32. The van der Waals surface area contributed by atoms with Crippen LogP contribution in [0.2, 0.25) is 15.1 Å². The number of hydrogen-bond acceptors (Lipinski definition) is 2. The molecular formula is C11H4Cl3F3N2O. The Kier molecular flexibility index (Phi) is 4.00. The molecule has 0 aliphatic carbocycles. The van der Waals surface area contributed by atoms with Gasteiger partial charge in [-0.2, -0.15) is 13.2 Å². The second kappa shape index (κ2) is 5.27. The van der Waals surface area contributed by atoms with Gasteiger partial charge in [-0.3, -0.25) is 9.36 Å². The number of aromatic nitrogens is 2. The van der Waals surface area contributed by atoms with Gasteiger partial charge < -0.3 is 0 Å². The van der Waals surface area contributed by atoms with E-state index >= 15 is 0 Å². The standard InChI is InChI=1S/C11H4Cl3F3N2O/c12-6-2-7(13)9(18-3-6)19-4-5(11(15,16)17)1-8(14)10(19)20/h1-4H. The Morgan fingerprint density at radius 1 is 1.10 bits per heavy atom. The van der Waals surface area contributed by atoms with Crippen molar-refractivity contribution in [1.82, 2.24) is 9.55 Å². The molecule has 2 heterocycles. The first-order chi connectivity index (χ1) is 9.20. The monoisotopic (exact) mass is 342 g/mol. The van der Waals surface area contributed by atoms with Gasteiger partial charge in [-0.1, -0.05) is 34.8 Å². The first-order valence-corrected chi connectivity index (χ1v) is 6.14. The summed E-state index contributed by atoms with van der Waals surface area (Å²) in [5.41, 5.74) is -1.95. The van der Waals surface area contributed by atoms with E-state index in [-0.39, 0.29) is 15.9 Å². The molecule has 0 amide bonds. The molecule has 0 atom stereocenters. The number of nitrogens with zero attached hydrogens (tertiary/aromatic N) is 2. The second-order valence-electron chi connectivity index (χ2n) is 3.71. The summed E-state index contributed by atoms with van der Waals surface area (Å²) in [6.07, 6.45) is -2.92. The van der Waals surface area contributed by atoms with Gasteiger partial charge in [-0.05, 0) is 12.1 Å². The summed E-state index contributed by atoms with van der Waals surface area (Å²) < 4.78 is 38.8. The molecule has 0 spiro atoms. The van der Waals surface area contributed by atoms with Crippen LogP contribution in [0.15, 0.2) is 29.3 Å². The van der Waals surface area contributed by atoms with Crippen molar-refractivity contribution in [2.75, 3.05) is 0 Å².